The van der Waals surface area contributed by atoms with Crippen LogP contribution in [0.2, 0.25) is 0 Å². The summed E-state index contributed by atoms with van der Waals surface area (Å²) in [5.74, 6) is -1.65. The number of hydrogen-bond donors (Lipinski definition) is 2. The minimum Gasteiger partial charge on any atom is -0.479 e. The van der Waals surface area contributed by atoms with Crippen molar-refractivity contribution in [1.29, 1.82) is 0 Å². The number of nitrogens with one attached hydrogen (secondary N) is 1. The van der Waals surface area contributed by atoms with Crippen molar-refractivity contribution < 1.29 is 14.7 Å². The summed E-state index contributed by atoms with van der Waals surface area (Å²) in [5, 5.41) is 19.5. The second kappa shape index (κ2) is 6.04. The molecule has 21 heavy (non-hydrogen) atoms. The van der Waals surface area contributed by atoms with Gasteiger partial charge in [-0.2, -0.15) is 10.2 Å². The molecule has 8 heteroatoms. The molecule has 0 bridgehead atoms. The molecule has 0 saturated heterocycles. The Balaban J connectivity index is 2.05. The second-order valence-corrected chi connectivity index (χ2v) is 4.51. The standard InChI is InChI=1S/C13H15N5O3/c1-17-7-9(5-14-17)3-4-11(19)16-12(13(20)21)10-6-15-18(2)8-10/h3-8,12H,1-2H3,(H,16,19)(H,20,21)/b4-3+. The Bertz CT molecular complexity index is 686. The van der Waals surface area contributed by atoms with E-state index in [0.717, 1.165) is 5.56 Å². The maximum atomic E-state index is 11.8. The molecule has 0 aromatic carbocycles. The molecule has 0 aliphatic carbocycles. The quantitative estimate of drug-likeness (QED) is 0.761. The van der Waals surface area contributed by atoms with Gasteiger partial charge in [-0.05, 0) is 6.08 Å². The first-order valence-electron chi connectivity index (χ1n) is 6.14. The summed E-state index contributed by atoms with van der Waals surface area (Å²) in [6.45, 7) is 0. The molecule has 0 saturated carbocycles. The van der Waals surface area contributed by atoms with Gasteiger partial charge in [-0.15, -0.1) is 0 Å². The lowest BCUT2D eigenvalue weighted by Crippen LogP contribution is -2.32. The molecule has 1 amide bonds. The fourth-order valence-electron chi connectivity index (χ4n) is 1.77. The van der Waals surface area contributed by atoms with E-state index >= 15 is 0 Å². The number of aromatic nitrogens is 4. The predicted molar refractivity (Wildman–Crippen MR) is 74.0 cm³/mol. The van der Waals surface area contributed by atoms with Crippen LogP contribution in [-0.2, 0) is 23.7 Å². The van der Waals surface area contributed by atoms with Crippen molar-refractivity contribution in [1.82, 2.24) is 24.9 Å². The van der Waals surface area contributed by atoms with E-state index in [1.165, 1.54) is 17.0 Å². The fourth-order valence-corrected chi connectivity index (χ4v) is 1.77. The van der Waals surface area contributed by atoms with E-state index in [4.69, 9.17) is 0 Å². The third-order valence-electron chi connectivity index (χ3n) is 2.74. The Morgan fingerprint density at radius 2 is 1.90 bits per heavy atom. The third-order valence-corrected chi connectivity index (χ3v) is 2.74. The van der Waals surface area contributed by atoms with E-state index in [9.17, 15) is 14.7 Å². The maximum Gasteiger partial charge on any atom is 0.331 e. The van der Waals surface area contributed by atoms with Crippen molar-refractivity contribution in [2.45, 2.75) is 6.04 Å². The topological polar surface area (TPSA) is 102 Å². The lowest BCUT2D eigenvalue weighted by Gasteiger charge is -2.10. The van der Waals surface area contributed by atoms with Gasteiger partial charge in [0.2, 0.25) is 5.91 Å². The Morgan fingerprint density at radius 3 is 2.43 bits per heavy atom. The SMILES string of the molecule is Cn1cc(/C=C/C(=O)NC(C(=O)O)c2cnn(C)c2)cn1. The minimum atomic E-state index is -1.15. The average Bonchev–Trinajstić information content (AvgIpc) is 3.02. The van der Waals surface area contributed by atoms with Gasteiger partial charge < -0.3 is 10.4 Å². The zero-order chi connectivity index (χ0) is 15.4. The maximum absolute atomic E-state index is 11.8. The fraction of sp³-hybridized carbons (Fsp3) is 0.231. The van der Waals surface area contributed by atoms with Crippen LogP contribution in [0.3, 0.4) is 0 Å². The van der Waals surface area contributed by atoms with E-state index < -0.39 is 17.9 Å². The molecule has 0 aliphatic rings. The van der Waals surface area contributed by atoms with Gasteiger partial charge >= 0.3 is 5.97 Å². The second-order valence-electron chi connectivity index (χ2n) is 4.51. The summed E-state index contributed by atoms with van der Waals surface area (Å²) >= 11 is 0. The van der Waals surface area contributed by atoms with Crippen LogP contribution >= 0.6 is 0 Å². The lowest BCUT2D eigenvalue weighted by atomic mass is 10.1. The Morgan fingerprint density at radius 1 is 1.24 bits per heavy atom. The molecular weight excluding hydrogens is 274 g/mol. The highest BCUT2D eigenvalue weighted by atomic mass is 16.4. The third kappa shape index (κ3) is 3.78. The van der Waals surface area contributed by atoms with Crippen LogP contribution in [0.15, 0.2) is 30.9 Å². The van der Waals surface area contributed by atoms with Crippen LogP contribution in [0.1, 0.15) is 17.2 Å². The summed E-state index contributed by atoms with van der Waals surface area (Å²) < 4.78 is 3.08. The van der Waals surface area contributed by atoms with Crippen LogP contribution < -0.4 is 5.32 Å². The van der Waals surface area contributed by atoms with E-state index in [1.54, 1.807) is 43.4 Å². The molecule has 2 N–H and O–H groups in total. The van der Waals surface area contributed by atoms with Crippen LogP contribution in [0.4, 0.5) is 0 Å². The molecule has 1 unspecified atom stereocenters. The molecule has 0 radical (unpaired) electrons. The van der Waals surface area contributed by atoms with Crippen LogP contribution in [0, 0.1) is 0 Å². The molecule has 0 spiro atoms. The largest absolute Gasteiger partial charge is 0.479 e. The Labute approximate surface area is 120 Å². The molecule has 8 nitrogen and oxygen atoms in total. The number of rotatable bonds is 5. The summed E-state index contributed by atoms with van der Waals surface area (Å²) in [6.07, 6.45) is 9.11. The van der Waals surface area contributed by atoms with Crippen molar-refractivity contribution in [2.24, 2.45) is 14.1 Å². The molecule has 0 fully saturated rings. The van der Waals surface area contributed by atoms with Crippen molar-refractivity contribution in [3.63, 3.8) is 0 Å². The molecule has 1 atom stereocenters. The van der Waals surface area contributed by atoms with Crippen molar-refractivity contribution >= 4 is 18.0 Å². The van der Waals surface area contributed by atoms with Crippen molar-refractivity contribution in [3.8, 4) is 0 Å². The number of aryl methyl sites for hydroxylation is 2. The zero-order valence-corrected chi connectivity index (χ0v) is 11.6. The monoisotopic (exact) mass is 289 g/mol. The number of carboxylic acid groups (broad SMARTS) is 1. The highest BCUT2D eigenvalue weighted by molar-refractivity contribution is 5.94. The highest BCUT2D eigenvalue weighted by Gasteiger charge is 2.22. The van der Waals surface area contributed by atoms with Gasteiger partial charge in [0.1, 0.15) is 0 Å². The number of aliphatic carboxylic acids is 1. The van der Waals surface area contributed by atoms with Gasteiger partial charge in [-0.3, -0.25) is 14.2 Å². The normalized spacial score (nSPS) is 12.5. The molecular formula is C13H15N5O3. The first-order valence-corrected chi connectivity index (χ1v) is 6.14. The number of carbonyl (C=O) groups is 2. The van der Waals surface area contributed by atoms with E-state index in [2.05, 4.69) is 15.5 Å². The smallest absolute Gasteiger partial charge is 0.331 e. The van der Waals surface area contributed by atoms with Crippen molar-refractivity contribution in [2.75, 3.05) is 0 Å². The molecule has 2 heterocycles. The van der Waals surface area contributed by atoms with E-state index in [1.807, 2.05) is 0 Å². The molecule has 0 aliphatic heterocycles. The van der Waals surface area contributed by atoms with Crippen LogP contribution in [0.25, 0.3) is 6.08 Å². The zero-order valence-electron chi connectivity index (χ0n) is 11.6. The first-order chi connectivity index (χ1) is 9.95. The Kier molecular flexibility index (Phi) is 4.17. The predicted octanol–water partition coefficient (Wildman–Crippen LogP) is 0.109. The van der Waals surface area contributed by atoms with Gasteiger partial charge in [0, 0.05) is 43.7 Å². The van der Waals surface area contributed by atoms with Gasteiger partial charge in [-0.1, -0.05) is 0 Å². The number of carboxylic acids is 1. The Hall–Kier alpha value is -2.90. The number of nitrogens with zero attached hydrogens (tertiary/aromatic N) is 4. The summed E-state index contributed by atoms with van der Waals surface area (Å²) in [4.78, 5) is 23.0. The van der Waals surface area contributed by atoms with Crippen LogP contribution in [0.5, 0.6) is 0 Å². The lowest BCUT2D eigenvalue weighted by molar-refractivity contribution is -0.141. The van der Waals surface area contributed by atoms with Gasteiger partial charge in [0.25, 0.3) is 0 Å². The molecule has 2 rings (SSSR count). The first kappa shape index (κ1) is 14.5. The summed E-state index contributed by atoms with van der Waals surface area (Å²) in [5.41, 5.74) is 1.16. The van der Waals surface area contributed by atoms with E-state index in [-0.39, 0.29) is 0 Å². The number of amides is 1. The van der Waals surface area contributed by atoms with Gasteiger partial charge in [0.15, 0.2) is 6.04 Å². The summed E-state index contributed by atoms with van der Waals surface area (Å²) in [7, 11) is 3.44. The molecule has 2 aromatic rings. The number of hydrogen-bond acceptors (Lipinski definition) is 4. The highest BCUT2D eigenvalue weighted by Crippen LogP contribution is 2.12. The summed E-state index contributed by atoms with van der Waals surface area (Å²) in [6, 6.07) is -1.13. The van der Waals surface area contributed by atoms with E-state index in [0.29, 0.717) is 5.56 Å². The van der Waals surface area contributed by atoms with Crippen molar-refractivity contribution in [3.05, 3.63) is 42.0 Å². The van der Waals surface area contributed by atoms with Crippen LogP contribution in [-0.4, -0.2) is 36.5 Å². The minimum absolute atomic E-state index is 0.410. The van der Waals surface area contributed by atoms with Gasteiger partial charge in [-0.25, -0.2) is 4.79 Å². The number of carbonyl (C=O) groups excluding carboxylic acids is 1. The average molecular weight is 289 g/mol. The van der Waals surface area contributed by atoms with Gasteiger partial charge in [0.05, 0.1) is 12.4 Å². The molecule has 110 valence electrons. The molecule has 2 aromatic heterocycles.